The van der Waals surface area contributed by atoms with Crippen LogP contribution in [0.15, 0.2) is 42.5 Å². The van der Waals surface area contributed by atoms with Crippen molar-refractivity contribution < 1.29 is 28.7 Å². The number of amides is 1. The summed E-state index contributed by atoms with van der Waals surface area (Å²) in [6.45, 7) is 0.489. The molecule has 3 rings (SSSR count). The van der Waals surface area contributed by atoms with Gasteiger partial charge in [0, 0.05) is 12.6 Å². The monoisotopic (exact) mass is 428 g/mol. The largest absolute Gasteiger partial charge is 0.493 e. The second kappa shape index (κ2) is 9.92. The zero-order valence-electron chi connectivity index (χ0n) is 17.4. The molecule has 0 saturated carbocycles. The maximum absolute atomic E-state index is 13.2. The van der Waals surface area contributed by atoms with Crippen LogP contribution in [-0.2, 0) is 16.1 Å². The van der Waals surface area contributed by atoms with Crippen LogP contribution in [0.3, 0.4) is 0 Å². The summed E-state index contributed by atoms with van der Waals surface area (Å²) in [6, 6.07) is 11.0. The average Bonchev–Trinajstić information content (AvgIpc) is 2.81. The molecule has 0 aromatic heterocycles. The minimum atomic E-state index is -0.772. The van der Waals surface area contributed by atoms with E-state index in [0.29, 0.717) is 19.4 Å². The van der Waals surface area contributed by atoms with Gasteiger partial charge in [0.15, 0.2) is 11.5 Å². The van der Waals surface area contributed by atoms with E-state index in [1.165, 1.54) is 31.3 Å². The zero-order chi connectivity index (χ0) is 22.4. The summed E-state index contributed by atoms with van der Waals surface area (Å²) in [5, 5.41) is 11.8. The number of ether oxygens (including phenoxy) is 3. The van der Waals surface area contributed by atoms with Crippen LogP contribution >= 0.6 is 0 Å². The third-order valence-electron chi connectivity index (χ3n) is 5.18. The lowest BCUT2D eigenvalue weighted by Crippen LogP contribution is -2.48. The van der Waals surface area contributed by atoms with Gasteiger partial charge in [0.1, 0.15) is 18.2 Å². The number of hydrogen-bond donors (Lipinski definition) is 0. The number of rotatable bonds is 7. The molecule has 1 fully saturated rings. The highest BCUT2D eigenvalue weighted by atomic mass is 16.6. The topological polar surface area (TPSA) is 108 Å². The normalized spacial score (nSPS) is 15.8. The van der Waals surface area contributed by atoms with Crippen molar-refractivity contribution in [3.8, 4) is 11.5 Å². The lowest BCUT2D eigenvalue weighted by molar-refractivity contribution is -0.385. The Hall–Kier alpha value is -3.62. The fourth-order valence-electron chi connectivity index (χ4n) is 3.59. The zero-order valence-corrected chi connectivity index (χ0v) is 17.4. The molecule has 164 valence electrons. The minimum absolute atomic E-state index is 0.151. The first-order chi connectivity index (χ1) is 15.0. The maximum atomic E-state index is 13.2. The van der Waals surface area contributed by atoms with Gasteiger partial charge in [-0.05, 0) is 24.8 Å². The first-order valence-corrected chi connectivity index (χ1v) is 9.88. The molecule has 1 aliphatic rings. The van der Waals surface area contributed by atoms with E-state index in [4.69, 9.17) is 14.2 Å². The van der Waals surface area contributed by atoms with E-state index in [0.717, 1.165) is 12.0 Å². The number of carbonyl (C=O) groups excluding carboxylic acids is 2. The molecule has 0 spiro atoms. The van der Waals surface area contributed by atoms with Gasteiger partial charge in [-0.3, -0.25) is 14.9 Å². The molecule has 1 saturated heterocycles. The molecule has 1 atom stereocenters. The van der Waals surface area contributed by atoms with Gasteiger partial charge in [-0.15, -0.1) is 0 Å². The first kappa shape index (κ1) is 22.1. The molecule has 2 aromatic rings. The number of nitro groups is 1. The van der Waals surface area contributed by atoms with Crippen LogP contribution in [0.25, 0.3) is 0 Å². The van der Waals surface area contributed by atoms with Crippen molar-refractivity contribution in [3.05, 3.63) is 63.7 Å². The Kier molecular flexibility index (Phi) is 7.07. The van der Waals surface area contributed by atoms with Crippen molar-refractivity contribution in [3.63, 3.8) is 0 Å². The van der Waals surface area contributed by atoms with Gasteiger partial charge in [0.2, 0.25) is 0 Å². The second-order valence-corrected chi connectivity index (χ2v) is 7.08. The summed E-state index contributed by atoms with van der Waals surface area (Å²) < 4.78 is 15.9. The quantitative estimate of drug-likeness (QED) is 0.378. The van der Waals surface area contributed by atoms with E-state index >= 15 is 0 Å². The van der Waals surface area contributed by atoms with Crippen LogP contribution in [0.2, 0.25) is 0 Å². The number of hydrogen-bond acceptors (Lipinski definition) is 7. The molecule has 2 aromatic carbocycles. The van der Waals surface area contributed by atoms with E-state index < -0.39 is 28.5 Å². The molecule has 0 N–H and O–H groups in total. The summed E-state index contributed by atoms with van der Waals surface area (Å²) in [4.78, 5) is 37.8. The number of benzene rings is 2. The predicted octanol–water partition coefficient (Wildman–Crippen LogP) is 3.35. The SMILES string of the molecule is COC(=O)[C@@H]1CCCCN1C(=O)c1cc(OC)c(OCc2ccccc2)cc1[N+](=O)[O-]. The molecule has 0 bridgehead atoms. The third kappa shape index (κ3) is 4.93. The highest BCUT2D eigenvalue weighted by Gasteiger charge is 2.36. The van der Waals surface area contributed by atoms with Gasteiger partial charge in [-0.1, -0.05) is 30.3 Å². The lowest BCUT2D eigenvalue weighted by atomic mass is 10.00. The van der Waals surface area contributed by atoms with E-state index in [1.807, 2.05) is 30.3 Å². The fourth-order valence-corrected chi connectivity index (χ4v) is 3.59. The van der Waals surface area contributed by atoms with Crippen LogP contribution in [0, 0.1) is 10.1 Å². The van der Waals surface area contributed by atoms with Crippen molar-refractivity contribution in [1.29, 1.82) is 0 Å². The average molecular weight is 428 g/mol. The van der Waals surface area contributed by atoms with Crippen LogP contribution < -0.4 is 9.47 Å². The molecule has 31 heavy (non-hydrogen) atoms. The fraction of sp³-hybridized carbons (Fsp3) is 0.364. The molecule has 1 heterocycles. The van der Waals surface area contributed by atoms with Crippen LogP contribution in [0.1, 0.15) is 35.2 Å². The second-order valence-electron chi connectivity index (χ2n) is 7.08. The standard InChI is InChI=1S/C22H24N2O7/c1-29-19-12-16(21(25)23-11-7-6-10-17(23)22(26)30-2)18(24(27)28)13-20(19)31-14-15-8-4-3-5-9-15/h3-5,8-9,12-13,17H,6-7,10-11,14H2,1-2H3/t17-/m0/s1. The Balaban J connectivity index is 1.94. The third-order valence-corrected chi connectivity index (χ3v) is 5.18. The smallest absolute Gasteiger partial charge is 0.328 e. The van der Waals surface area contributed by atoms with E-state index in [-0.39, 0.29) is 23.7 Å². The highest BCUT2D eigenvalue weighted by Crippen LogP contribution is 2.36. The number of nitrogens with zero attached hydrogens (tertiary/aromatic N) is 2. The summed E-state index contributed by atoms with van der Waals surface area (Å²) in [6.07, 6.45) is 1.91. The summed E-state index contributed by atoms with van der Waals surface area (Å²) in [7, 11) is 2.65. The van der Waals surface area contributed by atoms with Gasteiger partial charge in [-0.25, -0.2) is 4.79 Å². The van der Waals surface area contributed by atoms with Gasteiger partial charge in [0.05, 0.1) is 25.2 Å². The molecule has 9 nitrogen and oxygen atoms in total. The number of nitro benzene ring substituents is 1. The molecule has 0 unspecified atom stereocenters. The minimum Gasteiger partial charge on any atom is -0.493 e. The van der Waals surface area contributed by atoms with E-state index in [2.05, 4.69) is 0 Å². The van der Waals surface area contributed by atoms with Gasteiger partial charge < -0.3 is 19.1 Å². The van der Waals surface area contributed by atoms with Crippen LogP contribution in [0.5, 0.6) is 11.5 Å². The van der Waals surface area contributed by atoms with Crippen molar-refractivity contribution in [2.75, 3.05) is 20.8 Å². The summed E-state index contributed by atoms with van der Waals surface area (Å²) in [5.41, 5.74) is 0.300. The molecule has 0 radical (unpaired) electrons. The molecular weight excluding hydrogens is 404 g/mol. The Morgan fingerprint density at radius 2 is 1.87 bits per heavy atom. The number of piperidine rings is 1. The summed E-state index contributed by atoms with van der Waals surface area (Å²) >= 11 is 0. The van der Waals surface area contributed by atoms with Crippen LogP contribution in [0.4, 0.5) is 5.69 Å². The number of carbonyl (C=O) groups is 2. The first-order valence-electron chi connectivity index (χ1n) is 9.88. The summed E-state index contributed by atoms with van der Waals surface area (Å²) in [5.74, 6) is -0.811. The Bertz CT molecular complexity index is 962. The molecule has 0 aliphatic carbocycles. The predicted molar refractivity (Wildman–Crippen MR) is 111 cm³/mol. The number of esters is 1. The van der Waals surface area contributed by atoms with Crippen molar-refractivity contribution in [2.24, 2.45) is 0 Å². The van der Waals surface area contributed by atoms with Gasteiger partial charge in [-0.2, -0.15) is 0 Å². The Morgan fingerprint density at radius 3 is 2.52 bits per heavy atom. The molecular formula is C22H24N2O7. The maximum Gasteiger partial charge on any atom is 0.328 e. The van der Waals surface area contributed by atoms with E-state index in [1.54, 1.807) is 0 Å². The van der Waals surface area contributed by atoms with Crippen molar-refractivity contribution in [2.45, 2.75) is 31.9 Å². The number of methoxy groups -OCH3 is 2. The Labute approximate surface area is 179 Å². The molecule has 1 amide bonds. The van der Waals surface area contributed by atoms with Gasteiger partial charge in [0.25, 0.3) is 11.6 Å². The lowest BCUT2D eigenvalue weighted by Gasteiger charge is -2.33. The highest BCUT2D eigenvalue weighted by molar-refractivity contribution is 6.01. The van der Waals surface area contributed by atoms with Crippen molar-refractivity contribution >= 4 is 17.6 Å². The number of likely N-dealkylation sites (tertiary alicyclic amines) is 1. The Morgan fingerprint density at radius 1 is 1.13 bits per heavy atom. The molecule has 9 heteroatoms. The van der Waals surface area contributed by atoms with Crippen LogP contribution in [-0.4, -0.2) is 48.5 Å². The molecule has 1 aliphatic heterocycles. The van der Waals surface area contributed by atoms with Gasteiger partial charge >= 0.3 is 5.97 Å². The van der Waals surface area contributed by atoms with Crippen molar-refractivity contribution in [1.82, 2.24) is 4.90 Å². The van der Waals surface area contributed by atoms with E-state index in [9.17, 15) is 19.7 Å².